The number of imidazole rings is 1. The number of hydrogen-bond donors (Lipinski definition) is 1. The Kier molecular flexibility index (Phi) is 4.63. The van der Waals surface area contributed by atoms with E-state index in [0.29, 0.717) is 13.2 Å². The number of carboxylic acid groups (broad SMARTS) is 1. The zero-order valence-electron chi connectivity index (χ0n) is 13.0. The van der Waals surface area contributed by atoms with Crippen LogP contribution in [0.25, 0.3) is 11.0 Å². The third-order valence-electron chi connectivity index (χ3n) is 3.48. The second kappa shape index (κ2) is 6.26. The van der Waals surface area contributed by atoms with Crippen LogP contribution in [0.4, 0.5) is 0 Å². The Labute approximate surface area is 124 Å². The second-order valence-electron chi connectivity index (χ2n) is 5.51. The quantitative estimate of drug-likeness (QED) is 0.885. The van der Waals surface area contributed by atoms with E-state index in [-0.39, 0.29) is 17.5 Å². The summed E-state index contributed by atoms with van der Waals surface area (Å²) in [6.45, 7) is 9.53. The van der Waals surface area contributed by atoms with Crippen LogP contribution in [0.5, 0.6) is 0 Å². The predicted molar refractivity (Wildman–Crippen MR) is 82.0 cm³/mol. The molecule has 2 aromatic rings. The van der Waals surface area contributed by atoms with Gasteiger partial charge < -0.3 is 14.4 Å². The number of carboxylic acids is 1. The van der Waals surface area contributed by atoms with Crippen LogP contribution in [0.1, 0.15) is 55.8 Å². The summed E-state index contributed by atoms with van der Waals surface area (Å²) in [5.41, 5.74) is 1.94. The summed E-state index contributed by atoms with van der Waals surface area (Å²) < 4.78 is 7.68. The Balaban J connectivity index is 2.55. The van der Waals surface area contributed by atoms with Crippen LogP contribution in [-0.4, -0.2) is 33.8 Å². The Bertz CT molecular complexity index is 646. The molecular weight excluding hydrogens is 268 g/mol. The molecule has 0 bridgehead atoms. The molecule has 0 aliphatic heterocycles. The number of benzene rings is 1. The van der Waals surface area contributed by atoms with Gasteiger partial charge in [-0.15, -0.1) is 0 Å². The van der Waals surface area contributed by atoms with Crippen LogP contribution in [0.2, 0.25) is 0 Å². The molecule has 114 valence electrons. The monoisotopic (exact) mass is 290 g/mol. The van der Waals surface area contributed by atoms with E-state index in [1.807, 2.05) is 13.0 Å². The highest BCUT2D eigenvalue weighted by atomic mass is 16.5. The highest BCUT2D eigenvalue weighted by Crippen LogP contribution is 2.27. The highest BCUT2D eigenvalue weighted by Gasteiger charge is 2.19. The Hall–Kier alpha value is -1.88. The first-order valence-electron chi connectivity index (χ1n) is 7.28. The largest absolute Gasteiger partial charge is 0.478 e. The lowest BCUT2D eigenvalue weighted by Gasteiger charge is -2.19. The number of aromatic nitrogens is 2. The van der Waals surface area contributed by atoms with E-state index in [2.05, 4.69) is 30.3 Å². The number of fused-ring (bicyclic) bond motifs is 1. The molecule has 0 spiro atoms. The van der Waals surface area contributed by atoms with Crippen molar-refractivity contribution in [3.05, 3.63) is 29.6 Å². The molecule has 0 fully saturated rings. The van der Waals surface area contributed by atoms with E-state index >= 15 is 0 Å². The van der Waals surface area contributed by atoms with Crippen molar-refractivity contribution in [2.75, 3.05) is 13.2 Å². The predicted octanol–water partition coefficient (Wildman–Crippen LogP) is 3.46. The van der Waals surface area contributed by atoms with Gasteiger partial charge in [-0.2, -0.15) is 0 Å². The lowest BCUT2D eigenvalue weighted by atomic mass is 10.2. The normalized spacial score (nSPS) is 13.0. The van der Waals surface area contributed by atoms with Gasteiger partial charge in [0.1, 0.15) is 5.82 Å². The zero-order chi connectivity index (χ0) is 15.6. The van der Waals surface area contributed by atoms with E-state index in [1.54, 1.807) is 12.1 Å². The fourth-order valence-corrected chi connectivity index (χ4v) is 2.48. The topological polar surface area (TPSA) is 64.4 Å². The minimum atomic E-state index is -0.931. The molecule has 1 unspecified atom stereocenters. The molecule has 0 aliphatic rings. The van der Waals surface area contributed by atoms with Crippen molar-refractivity contribution in [2.45, 2.75) is 39.7 Å². The number of hydrogen-bond acceptors (Lipinski definition) is 3. The smallest absolute Gasteiger partial charge is 0.335 e. The van der Waals surface area contributed by atoms with Crippen molar-refractivity contribution in [1.82, 2.24) is 9.55 Å². The van der Waals surface area contributed by atoms with Crippen molar-refractivity contribution in [2.24, 2.45) is 0 Å². The molecule has 1 heterocycles. The number of nitrogens with zero attached hydrogens (tertiary/aromatic N) is 2. The molecule has 1 atom stereocenters. The van der Waals surface area contributed by atoms with Gasteiger partial charge >= 0.3 is 5.97 Å². The molecule has 0 saturated carbocycles. The minimum Gasteiger partial charge on any atom is -0.478 e. The third-order valence-corrected chi connectivity index (χ3v) is 3.48. The molecule has 21 heavy (non-hydrogen) atoms. The molecule has 0 amide bonds. The summed E-state index contributed by atoms with van der Waals surface area (Å²) in [4.78, 5) is 15.7. The molecule has 1 N–H and O–H groups in total. The first-order chi connectivity index (χ1) is 9.95. The van der Waals surface area contributed by atoms with Crippen LogP contribution in [0.15, 0.2) is 18.2 Å². The lowest BCUT2D eigenvalue weighted by Crippen LogP contribution is -2.15. The number of aromatic carboxylic acids is 1. The van der Waals surface area contributed by atoms with Crippen molar-refractivity contribution in [3.8, 4) is 0 Å². The summed E-state index contributed by atoms with van der Waals surface area (Å²) in [5, 5.41) is 9.10. The number of carbonyl (C=O) groups is 1. The maximum atomic E-state index is 11.1. The SMILES string of the molecule is CCOCC(C)n1c(C(C)C)nc2cc(C(=O)O)ccc21. The van der Waals surface area contributed by atoms with Gasteiger partial charge in [0, 0.05) is 12.5 Å². The molecule has 0 radical (unpaired) electrons. The molecule has 5 nitrogen and oxygen atoms in total. The second-order valence-corrected chi connectivity index (χ2v) is 5.51. The van der Waals surface area contributed by atoms with Gasteiger partial charge in [-0.3, -0.25) is 0 Å². The highest BCUT2D eigenvalue weighted by molar-refractivity contribution is 5.92. The molecular formula is C16H22N2O3. The first-order valence-corrected chi connectivity index (χ1v) is 7.28. The molecule has 5 heteroatoms. The van der Waals surface area contributed by atoms with Crippen LogP contribution >= 0.6 is 0 Å². The average molecular weight is 290 g/mol. The van der Waals surface area contributed by atoms with Crippen molar-refractivity contribution in [3.63, 3.8) is 0 Å². The minimum absolute atomic E-state index is 0.156. The summed E-state index contributed by atoms with van der Waals surface area (Å²) in [6, 6.07) is 5.25. The maximum absolute atomic E-state index is 11.1. The maximum Gasteiger partial charge on any atom is 0.335 e. The van der Waals surface area contributed by atoms with Gasteiger partial charge in [0.15, 0.2) is 0 Å². The summed E-state index contributed by atoms with van der Waals surface area (Å²) in [6.07, 6.45) is 0. The van der Waals surface area contributed by atoms with E-state index in [9.17, 15) is 4.79 Å². The van der Waals surface area contributed by atoms with Crippen LogP contribution in [0.3, 0.4) is 0 Å². The first kappa shape index (κ1) is 15.5. The van der Waals surface area contributed by atoms with Gasteiger partial charge in [-0.1, -0.05) is 13.8 Å². The zero-order valence-corrected chi connectivity index (χ0v) is 13.0. The lowest BCUT2D eigenvalue weighted by molar-refractivity contribution is 0.0697. The summed E-state index contributed by atoms with van der Waals surface area (Å²) in [5.74, 6) is 0.286. The molecule has 0 saturated heterocycles. The van der Waals surface area contributed by atoms with Crippen LogP contribution in [-0.2, 0) is 4.74 Å². The van der Waals surface area contributed by atoms with E-state index in [4.69, 9.17) is 9.84 Å². The van der Waals surface area contributed by atoms with E-state index in [1.165, 1.54) is 0 Å². The fourth-order valence-electron chi connectivity index (χ4n) is 2.48. The molecule has 2 rings (SSSR count). The third kappa shape index (κ3) is 3.08. The molecule has 0 aliphatic carbocycles. The van der Waals surface area contributed by atoms with Crippen molar-refractivity contribution < 1.29 is 14.6 Å². The summed E-state index contributed by atoms with van der Waals surface area (Å²) in [7, 11) is 0. The Morgan fingerprint density at radius 1 is 1.38 bits per heavy atom. The van der Waals surface area contributed by atoms with Crippen molar-refractivity contribution >= 4 is 17.0 Å². The van der Waals surface area contributed by atoms with Gasteiger partial charge in [0.05, 0.1) is 29.2 Å². The average Bonchev–Trinajstić information content (AvgIpc) is 2.83. The van der Waals surface area contributed by atoms with Crippen molar-refractivity contribution in [1.29, 1.82) is 0 Å². The van der Waals surface area contributed by atoms with Gasteiger partial charge in [0.25, 0.3) is 0 Å². The number of rotatable bonds is 6. The van der Waals surface area contributed by atoms with E-state index < -0.39 is 5.97 Å². The van der Waals surface area contributed by atoms with Crippen LogP contribution < -0.4 is 0 Å². The van der Waals surface area contributed by atoms with Gasteiger partial charge in [-0.25, -0.2) is 9.78 Å². The number of ether oxygens (including phenoxy) is 1. The van der Waals surface area contributed by atoms with Gasteiger partial charge in [0.2, 0.25) is 0 Å². The Morgan fingerprint density at radius 2 is 2.10 bits per heavy atom. The Morgan fingerprint density at radius 3 is 2.67 bits per heavy atom. The molecule has 1 aromatic carbocycles. The van der Waals surface area contributed by atoms with Gasteiger partial charge in [-0.05, 0) is 32.0 Å². The fraction of sp³-hybridized carbons (Fsp3) is 0.500. The summed E-state index contributed by atoms with van der Waals surface area (Å²) >= 11 is 0. The standard InChI is InChI=1S/C16H22N2O3/c1-5-21-9-11(4)18-14-7-6-12(16(19)20)8-13(14)17-15(18)10(2)3/h6-8,10-11H,5,9H2,1-4H3,(H,19,20). The van der Waals surface area contributed by atoms with E-state index in [0.717, 1.165) is 16.9 Å². The molecule has 1 aromatic heterocycles. The van der Waals surface area contributed by atoms with Crippen LogP contribution in [0, 0.1) is 0 Å².